The van der Waals surface area contributed by atoms with E-state index in [9.17, 15) is 0 Å². The summed E-state index contributed by atoms with van der Waals surface area (Å²) in [6.07, 6.45) is 2.49. The monoisotopic (exact) mass is 258 g/mol. The van der Waals surface area contributed by atoms with Gasteiger partial charge in [-0.1, -0.05) is 30.4 Å². The molecule has 0 atom stereocenters. The largest absolute Gasteiger partial charge is 0.477 e. The van der Waals surface area contributed by atoms with Gasteiger partial charge in [0.15, 0.2) is 0 Å². The molecule has 4 heteroatoms. The third-order valence-corrected chi connectivity index (χ3v) is 3.33. The first-order chi connectivity index (χ1) is 8.74. The number of pyridine rings is 1. The Kier molecular flexibility index (Phi) is 2.88. The van der Waals surface area contributed by atoms with Crippen LogP contribution < -0.4 is 10.5 Å². The molecule has 0 aliphatic heterocycles. The summed E-state index contributed by atoms with van der Waals surface area (Å²) in [4.78, 5) is 4.84. The summed E-state index contributed by atoms with van der Waals surface area (Å²) in [6, 6.07) is 9.84. The van der Waals surface area contributed by atoms with E-state index in [4.69, 9.17) is 22.7 Å². The summed E-state index contributed by atoms with van der Waals surface area (Å²) in [5.41, 5.74) is 7.37. The van der Waals surface area contributed by atoms with E-state index in [-0.39, 0.29) is 0 Å². The fourth-order valence-corrected chi connectivity index (χ4v) is 2.01. The first-order valence-electron chi connectivity index (χ1n) is 6.06. The first-order valence-corrected chi connectivity index (χ1v) is 6.47. The van der Waals surface area contributed by atoms with Crippen molar-refractivity contribution in [1.82, 2.24) is 4.98 Å². The van der Waals surface area contributed by atoms with Crippen LogP contribution >= 0.6 is 12.2 Å². The molecule has 0 bridgehead atoms. The van der Waals surface area contributed by atoms with Crippen LogP contribution in [0.3, 0.4) is 0 Å². The summed E-state index contributed by atoms with van der Waals surface area (Å²) >= 11 is 5.07. The lowest BCUT2D eigenvalue weighted by atomic mass is 10.1. The van der Waals surface area contributed by atoms with Crippen molar-refractivity contribution >= 4 is 28.1 Å². The lowest BCUT2D eigenvalue weighted by Gasteiger charge is -2.10. The molecule has 2 aromatic rings. The second-order valence-electron chi connectivity index (χ2n) is 4.65. The predicted octanol–water partition coefficient (Wildman–Crippen LogP) is 2.66. The molecule has 0 saturated heterocycles. The van der Waals surface area contributed by atoms with Crippen molar-refractivity contribution in [3.63, 3.8) is 0 Å². The summed E-state index contributed by atoms with van der Waals surface area (Å²) in [5, 5.41) is 1.03. The van der Waals surface area contributed by atoms with E-state index in [0.717, 1.165) is 16.5 Å². The van der Waals surface area contributed by atoms with Crippen molar-refractivity contribution in [2.24, 2.45) is 11.7 Å². The number of thiocarbonyl (C=S) groups is 1. The molecule has 0 amide bonds. The Balaban J connectivity index is 2.01. The number of benzene rings is 1. The topological polar surface area (TPSA) is 48.1 Å². The molecule has 0 unspecified atom stereocenters. The number of fused-ring (bicyclic) bond motifs is 1. The molecule has 18 heavy (non-hydrogen) atoms. The van der Waals surface area contributed by atoms with Crippen molar-refractivity contribution in [2.45, 2.75) is 12.8 Å². The van der Waals surface area contributed by atoms with Crippen LogP contribution in [-0.2, 0) is 0 Å². The molecule has 1 aliphatic rings. The molecule has 0 spiro atoms. The number of rotatable bonds is 4. The highest BCUT2D eigenvalue weighted by Gasteiger charge is 2.23. The molecule has 1 aliphatic carbocycles. The average molecular weight is 258 g/mol. The SMILES string of the molecule is NC(=S)c1cc2ccccc2nc1OCC1CC1. The van der Waals surface area contributed by atoms with Crippen LogP contribution in [0.25, 0.3) is 10.9 Å². The van der Waals surface area contributed by atoms with Gasteiger partial charge in [0.1, 0.15) is 4.99 Å². The number of aromatic nitrogens is 1. The Morgan fingerprint density at radius 2 is 2.17 bits per heavy atom. The maximum atomic E-state index is 5.75. The van der Waals surface area contributed by atoms with Gasteiger partial charge in [-0.15, -0.1) is 0 Å². The van der Waals surface area contributed by atoms with Gasteiger partial charge in [0.25, 0.3) is 0 Å². The zero-order valence-corrected chi connectivity index (χ0v) is 10.7. The quantitative estimate of drug-likeness (QED) is 0.856. The van der Waals surface area contributed by atoms with E-state index in [1.54, 1.807) is 0 Å². The highest BCUT2D eigenvalue weighted by Crippen LogP contribution is 2.30. The summed E-state index contributed by atoms with van der Waals surface area (Å²) < 4.78 is 5.75. The van der Waals surface area contributed by atoms with E-state index in [1.807, 2.05) is 30.3 Å². The molecule has 92 valence electrons. The van der Waals surface area contributed by atoms with E-state index in [1.165, 1.54) is 12.8 Å². The fraction of sp³-hybridized carbons (Fsp3) is 0.286. The molecule has 3 rings (SSSR count). The van der Waals surface area contributed by atoms with E-state index >= 15 is 0 Å². The van der Waals surface area contributed by atoms with Gasteiger partial charge >= 0.3 is 0 Å². The van der Waals surface area contributed by atoms with Crippen LogP contribution in [0, 0.1) is 5.92 Å². The van der Waals surface area contributed by atoms with Gasteiger partial charge in [-0.3, -0.25) is 0 Å². The molecule has 3 nitrogen and oxygen atoms in total. The maximum Gasteiger partial charge on any atom is 0.224 e. The van der Waals surface area contributed by atoms with Crippen molar-refractivity contribution in [1.29, 1.82) is 0 Å². The third kappa shape index (κ3) is 2.29. The van der Waals surface area contributed by atoms with Crippen LogP contribution in [-0.4, -0.2) is 16.6 Å². The number of hydrogen-bond donors (Lipinski definition) is 1. The van der Waals surface area contributed by atoms with Crippen molar-refractivity contribution in [3.05, 3.63) is 35.9 Å². The van der Waals surface area contributed by atoms with Crippen LogP contribution in [0.15, 0.2) is 30.3 Å². The van der Waals surface area contributed by atoms with Gasteiger partial charge in [-0.05, 0) is 30.9 Å². The minimum Gasteiger partial charge on any atom is -0.477 e. The summed E-state index contributed by atoms with van der Waals surface area (Å²) in [6.45, 7) is 0.709. The van der Waals surface area contributed by atoms with Gasteiger partial charge < -0.3 is 10.5 Å². The zero-order valence-electron chi connectivity index (χ0n) is 9.93. The van der Waals surface area contributed by atoms with Crippen molar-refractivity contribution < 1.29 is 4.74 Å². The smallest absolute Gasteiger partial charge is 0.224 e. The van der Waals surface area contributed by atoms with E-state index in [2.05, 4.69) is 4.98 Å². The number of para-hydroxylation sites is 1. The number of hydrogen-bond acceptors (Lipinski definition) is 3. The Bertz CT molecular complexity index is 608. The van der Waals surface area contributed by atoms with Gasteiger partial charge in [-0.25, -0.2) is 4.98 Å². The fourth-order valence-electron chi connectivity index (χ4n) is 1.87. The van der Waals surface area contributed by atoms with Crippen LogP contribution in [0.5, 0.6) is 5.88 Å². The summed E-state index contributed by atoms with van der Waals surface area (Å²) in [5.74, 6) is 1.24. The second-order valence-corrected chi connectivity index (χ2v) is 5.09. The minimum atomic E-state index is 0.332. The minimum absolute atomic E-state index is 0.332. The lowest BCUT2D eigenvalue weighted by molar-refractivity contribution is 0.289. The molecular weight excluding hydrogens is 244 g/mol. The van der Waals surface area contributed by atoms with Gasteiger partial charge in [-0.2, -0.15) is 0 Å². The highest BCUT2D eigenvalue weighted by molar-refractivity contribution is 7.80. The molecule has 1 heterocycles. The Morgan fingerprint density at radius 1 is 1.39 bits per heavy atom. The lowest BCUT2D eigenvalue weighted by Crippen LogP contribution is -2.13. The standard InChI is InChI=1S/C14H14N2OS/c15-13(18)11-7-10-3-1-2-4-12(10)16-14(11)17-8-9-5-6-9/h1-4,7,9H,5-6,8H2,(H2,15,18). The molecule has 0 radical (unpaired) electrons. The maximum absolute atomic E-state index is 5.75. The Labute approximate surface area is 111 Å². The van der Waals surface area contributed by atoms with E-state index in [0.29, 0.717) is 23.4 Å². The third-order valence-electron chi connectivity index (χ3n) is 3.11. The molecule has 1 aromatic carbocycles. The van der Waals surface area contributed by atoms with E-state index < -0.39 is 0 Å². The van der Waals surface area contributed by atoms with Gasteiger partial charge in [0, 0.05) is 5.39 Å². The number of ether oxygens (including phenoxy) is 1. The average Bonchev–Trinajstić information content (AvgIpc) is 3.19. The van der Waals surface area contributed by atoms with Crippen LogP contribution in [0.2, 0.25) is 0 Å². The number of nitrogens with two attached hydrogens (primary N) is 1. The van der Waals surface area contributed by atoms with Crippen LogP contribution in [0.1, 0.15) is 18.4 Å². The second kappa shape index (κ2) is 4.53. The molecular formula is C14H14N2OS. The van der Waals surface area contributed by atoms with Gasteiger partial charge in [0.2, 0.25) is 5.88 Å². The Hall–Kier alpha value is -1.68. The van der Waals surface area contributed by atoms with Crippen molar-refractivity contribution in [3.8, 4) is 5.88 Å². The predicted molar refractivity (Wildman–Crippen MR) is 75.8 cm³/mol. The molecule has 1 saturated carbocycles. The van der Waals surface area contributed by atoms with Crippen molar-refractivity contribution in [2.75, 3.05) is 6.61 Å². The zero-order chi connectivity index (χ0) is 12.5. The highest BCUT2D eigenvalue weighted by atomic mass is 32.1. The van der Waals surface area contributed by atoms with Gasteiger partial charge in [0.05, 0.1) is 17.7 Å². The Morgan fingerprint density at radius 3 is 2.89 bits per heavy atom. The normalized spacial score (nSPS) is 14.7. The van der Waals surface area contributed by atoms with Crippen LogP contribution in [0.4, 0.5) is 0 Å². The first kappa shape index (κ1) is 11.4. The summed E-state index contributed by atoms with van der Waals surface area (Å²) in [7, 11) is 0. The number of nitrogens with zero attached hydrogens (tertiary/aromatic N) is 1. The molecule has 2 N–H and O–H groups in total. The molecule has 1 fully saturated rings. The molecule has 1 aromatic heterocycles.